The fourth-order valence-corrected chi connectivity index (χ4v) is 3.95. The summed E-state index contributed by atoms with van der Waals surface area (Å²) in [7, 11) is 6.62. The highest BCUT2D eigenvalue weighted by Gasteiger charge is 2.30. The Balaban J connectivity index is 2.20. The third-order valence-corrected chi connectivity index (χ3v) is 5.38. The zero-order chi connectivity index (χ0) is 20.3. The maximum absolute atomic E-state index is 5.57. The summed E-state index contributed by atoms with van der Waals surface area (Å²) in [5, 5.41) is 0. The van der Waals surface area contributed by atoms with Gasteiger partial charge in [0.25, 0.3) is 0 Å². The fraction of sp³-hybridized carbons (Fsp3) is 0.435. The van der Waals surface area contributed by atoms with Crippen LogP contribution < -0.4 is 18.9 Å². The van der Waals surface area contributed by atoms with E-state index in [1.165, 1.54) is 5.56 Å². The third-order valence-electron chi connectivity index (χ3n) is 5.38. The number of hydrogen-bond acceptors (Lipinski definition) is 5. The molecule has 1 heterocycles. The van der Waals surface area contributed by atoms with Crippen molar-refractivity contribution in [3.8, 4) is 23.0 Å². The molecule has 0 fully saturated rings. The lowest BCUT2D eigenvalue weighted by Crippen LogP contribution is -2.25. The van der Waals surface area contributed by atoms with Crippen molar-refractivity contribution in [3.05, 3.63) is 47.0 Å². The summed E-state index contributed by atoms with van der Waals surface area (Å²) in [5.74, 6) is 3.20. The van der Waals surface area contributed by atoms with E-state index in [0.29, 0.717) is 23.2 Å². The van der Waals surface area contributed by atoms with Gasteiger partial charge in [-0.15, -0.1) is 0 Å². The Morgan fingerprint density at radius 3 is 2.04 bits per heavy atom. The van der Waals surface area contributed by atoms with Crippen molar-refractivity contribution in [2.75, 3.05) is 28.4 Å². The molecule has 0 N–H and O–H groups in total. The van der Waals surface area contributed by atoms with Crippen LogP contribution in [0.25, 0.3) is 0 Å². The van der Waals surface area contributed by atoms with E-state index >= 15 is 0 Å². The van der Waals surface area contributed by atoms with Gasteiger partial charge in [0.1, 0.15) is 0 Å². The standard InChI is InChI=1S/C23H29NO4/c1-7-8-16-14(2)24-23(15-9-10-19(25-3)20(11-15)26-4)18-13-22(28-6)21(27-5)12-17(16)18/h9-14,16H,7-8H2,1-6H3/t14?,16-/m0/s1. The molecule has 5 heteroatoms. The summed E-state index contributed by atoms with van der Waals surface area (Å²) in [6.07, 6.45) is 2.18. The van der Waals surface area contributed by atoms with Crippen molar-refractivity contribution < 1.29 is 18.9 Å². The monoisotopic (exact) mass is 383 g/mol. The Morgan fingerprint density at radius 1 is 0.821 bits per heavy atom. The summed E-state index contributed by atoms with van der Waals surface area (Å²) in [5.41, 5.74) is 4.28. The fourth-order valence-electron chi connectivity index (χ4n) is 3.95. The molecule has 0 bridgehead atoms. The second kappa shape index (κ2) is 8.55. The van der Waals surface area contributed by atoms with Crippen molar-refractivity contribution in [2.24, 2.45) is 4.99 Å². The maximum atomic E-state index is 5.57. The van der Waals surface area contributed by atoms with Crippen LogP contribution >= 0.6 is 0 Å². The molecule has 150 valence electrons. The van der Waals surface area contributed by atoms with E-state index in [-0.39, 0.29) is 6.04 Å². The van der Waals surface area contributed by atoms with Gasteiger partial charge >= 0.3 is 0 Å². The van der Waals surface area contributed by atoms with E-state index < -0.39 is 0 Å². The molecule has 0 aliphatic carbocycles. The first kappa shape index (κ1) is 20.1. The molecular formula is C23H29NO4. The molecule has 0 radical (unpaired) electrons. The highest BCUT2D eigenvalue weighted by atomic mass is 16.5. The number of rotatable bonds is 7. The van der Waals surface area contributed by atoms with Crippen LogP contribution in [0.5, 0.6) is 23.0 Å². The molecule has 5 nitrogen and oxygen atoms in total. The van der Waals surface area contributed by atoms with E-state index in [4.69, 9.17) is 23.9 Å². The van der Waals surface area contributed by atoms with Crippen molar-refractivity contribution in [3.63, 3.8) is 0 Å². The summed E-state index contributed by atoms with van der Waals surface area (Å²) in [6.45, 7) is 4.39. The summed E-state index contributed by atoms with van der Waals surface area (Å²) in [6, 6.07) is 10.2. The Labute approximate surface area is 167 Å². The van der Waals surface area contributed by atoms with Crippen molar-refractivity contribution in [2.45, 2.75) is 38.6 Å². The molecule has 2 atom stereocenters. The smallest absolute Gasteiger partial charge is 0.161 e. The lowest BCUT2D eigenvalue weighted by Gasteiger charge is -2.31. The molecule has 2 aromatic carbocycles. The summed E-state index contributed by atoms with van der Waals surface area (Å²) < 4.78 is 22.0. The Kier molecular flexibility index (Phi) is 6.12. The molecule has 0 amide bonds. The van der Waals surface area contributed by atoms with Crippen molar-refractivity contribution in [1.82, 2.24) is 0 Å². The molecule has 3 rings (SSSR count). The summed E-state index contributed by atoms with van der Waals surface area (Å²) in [4.78, 5) is 5.08. The molecule has 28 heavy (non-hydrogen) atoms. The van der Waals surface area contributed by atoms with Crippen LogP contribution in [0, 0.1) is 0 Å². The van der Waals surface area contributed by atoms with Gasteiger partial charge in [0.15, 0.2) is 23.0 Å². The van der Waals surface area contributed by atoms with Gasteiger partial charge in [-0.25, -0.2) is 0 Å². The van der Waals surface area contributed by atoms with Crippen LogP contribution in [0.3, 0.4) is 0 Å². The first-order chi connectivity index (χ1) is 13.6. The number of hydrogen-bond donors (Lipinski definition) is 0. The maximum Gasteiger partial charge on any atom is 0.161 e. The molecule has 0 saturated heterocycles. The number of aliphatic imine (C=N–C) groups is 1. The quantitative estimate of drug-likeness (QED) is 0.686. The minimum atomic E-state index is 0.175. The highest BCUT2D eigenvalue weighted by molar-refractivity contribution is 6.15. The molecule has 0 aromatic heterocycles. The number of benzene rings is 2. The Bertz CT molecular complexity index is 875. The van der Waals surface area contributed by atoms with Crippen LogP contribution in [0.1, 0.15) is 49.3 Å². The molecule has 0 saturated carbocycles. The van der Waals surface area contributed by atoms with Crippen LogP contribution in [-0.4, -0.2) is 40.2 Å². The zero-order valence-electron chi connectivity index (χ0n) is 17.5. The lowest BCUT2D eigenvalue weighted by molar-refractivity contribution is 0.353. The van der Waals surface area contributed by atoms with Crippen LogP contribution in [0.15, 0.2) is 35.3 Å². The average Bonchev–Trinajstić information content (AvgIpc) is 2.73. The topological polar surface area (TPSA) is 49.3 Å². The Morgan fingerprint density at radius 2 is 1.43 bits per heavy atom. The predicted octanol–water partition coefficient (Wildman–Crippen LogP) is 4.84. The minimum absolute atomic E-state index is 0.175. The number of methoxy groups -OCH3 is 4. The highest BCUT2D eigenvalue weighted by Crippen LogP contribution is 2.42. The zero-order valence-corrected chi connectivity index (χ0v) is 17.5. The van der Waals surface area contributed by atoms with Gasteiger partial charge in [-0.05, 0) is 49.2 Å². The van der Waals surface area contributed by atoms with E-state index in [0.717, 1.165) is 35.4 Å². The number of fused-ring (bicyclic) bond motifs is 1. The van der Waals surface area contributed by atoms with E-state index in [1.807, 2.05) is 24.3 Å². The minimum Gasteiger partial charge on any atom is -0.493 e. The van der Waals surface area contributed by atoms with Crippen molar-refractivity contribution in [1.29, 1.82) is 0 Å². The van der Waals surface area contributed by atoms with E-state index in [9.17, 15) is 0 Å². The van der Waals surface area contributed by atoms with E-state index in [1.54, 1.807) is 28.4 Å². The van der Waals surface area contributed by atoms with Crippen LogP contribution in [0.4, 0.5) is 0 Å². The second-order valence-electron chi connectivity index (χ2n) is 6.98. The SMILES string of the molecule is CCC[C@@H]1c2cc(OC)c(OC)cc2C(c2ccc(OC)c(OC)c2)=NC1C. The Hall–Kier alpha value is -2.69. The van der Waals surface area contributed by atoms with Crippen LogP contribution in [0.2, 0.25) is 0 Å². The molecule has 2 aromatic rings. The molecule has 1 aliphatic heterocycles. The third kappa shape index (κ3) is 3.53. The van der Waals surface area contributed by atoms with Gasteiger partial charge in [0.2, 0.25) is 0 Å². The molecular weight excluding hydrogens is 354 g/mol. The summed E-state index contributed by atoms with van der Waals surface area (Å²) >= 11 is 0. The molecule has 0 spiro atoms. The lowest BCUT2D eigenvalue weighted by atomic mass is 9.80. The van der Waals surface area contributed by atoms with Gasteiger partial charge in [-0.1, -0.05) is 13.3 Å². The number of ether oxygens (including phenoxy) is 4. The largest absolute Gasteiger partial charge is 0.493 e. The first-order valence-corrected chi connectivity index (χ1v) is 9.64. The first-order valence-electron chi connectivity index (χ1n) is 9.64. The van der Waals surface area contributed by atoms with Gasteiger partial charge in [-0.2, -0.15) is 0 Å². The number of nitrogens with zero attached hydrogens (tertiary/aromatic N) is 1. The van der Waals surface area contributed by atoms with E-state index in [2.05, 4.69) is 19.9 Å². The predicted molar refractivity (Wildman–Crippen MR) is 112 cm³/mol. The molecule has 1 unspecified atom stereocenters. The van der Waals surface area contributed by atoms with Crippen LogP contribution in [-0.2, 0) is 0 Å². The van der Waals surface area contributed by atoms with Gasteiger partial charge < -0.3 is 18.9 Å². The van der Waals surface area contributed by atoms with Crippen molar-refractivity contribution >= 4 is 5.71 Å². The average molecular weight is 383 g/mol. The van der Waals surface area contributed by atoms with Gasteiger partial charge in [0, 0.05) is 17.0 Å². The van der Waals surface area contributed by atoms with Gasteiger partial charge in [-0.3, -0.25) is 4.99 Å². The van der Waals surface area contributed by atoms with Gasteiger partial charge in [0.05, 0.1) is 40.2 Å². The molecule has 1 aliphatic rings. The normalized spacial score (nSPS) is 18.1. The second-order valence-corrected chi connectivity index (χ2v) is 6.98.